The molecule has 0 bridgehead atoms. The first-order valence-corrected chi connectivity index (χ1v) is 11.2. The number of amides is 3. The zero-order chi connectivity index (χ0) is 23.1. The van der Waals surface area contributed by atoms with Gasteiger partial charge in [-0.3, -0.25) is 19.2 Å². The van der Waals surface area contributed by atoms with Crippen LogP contribution in [-0.2, 0) is 14.4 Å². The summed E-state index contributed by atoms with van der Waals surface area (Å²) in [5.74, 6) is -2.21. The normalized spacial score (nSPS) is 23.2. The molecule has 8 nitrogen and oxygen atoms in total. The van der Waals surface area contributed by atoms with Crippen molar-refractivity contribution >= 4 is 35.5 Å². The van der Waals surface area contributed by atoms with Crippen molar-refractivity contribution in [1.29, 1.82) is 0 Å². The zero-order valence-electron chi connectivity index (χ0n) is 18.3. The number of thioether (sulfide) groups is 1. The van der Waals surface area contributed by atoms with Crippen molar-refractivity contribution in [2.75, 3.05) is 0 Å². The first-order chi connectivity index (χ1) is 14.4. The van der Waals surface area contributed by atoms with Gasteiger partial charge in [-0.1, -0.05) is 32.0 Å². The van der Waals surface area contributed by atoms with Gasteiger partial charge in [0, 0.05) is 10.3 Å². The first-order valence-electron chi connectivity index (χ1n) is 10.4. The van der Waals surface area contributed by atoms with Gasteiger partial charge in [-0.15, -0.1) is 11.8 Å². The molecule has 2 heterocycles. The third kappa shape index (κ3) is 4.42. The molecule has 0 aliphatic carbocycles. The summed E-state index contributed by atoms with van der Waals surface area (Å²) >= 11 is 1.55. The van der Waals surface area contributed by atoms with Crippen LogP contribution in [0.1, 0.15) is 62.3 Å². The van der Waals surface area contributed by atoms with Gasteiger partial charge < -0.3 is 20.6 Å². The highest BCUT2D eigenvalue weighted by Crippen LogP contribution is 2.56. The zero-order valence-corrected chi connectivity index (χ0v) is 19.2. The van der Waals surface area contributed by atoms with Gasteiger partial charge in [0.15, 0.2) is 0 Å². The van der Waals surface area contributed by atoms with E-state index in [4.69, 9.17) is 5.11 Å². The van der Waals surface area contributed by atoms with Gasteiger partial charge in [-0.2, -0.15) is 0 Å². The minimum Gasteiger partial charge on any atom is -0.480 e. The standard InChI is InChI=1S/C22H29N3O5S/c1-11(2)10-15(17(26)23-12(3)21(29)30)24-18(27)16-22(4,5)31-20-14-9-7-6-8-13(14)19(28)25(16)20/h6-9,11-12,15-16,20H,10H2,1-5H3,(H,23,26)(H,24,27)(H,29,30)/t12-,15+,16+,20-/m1/s1. The van der Waals surface area contributed by atoms with Crippen LogP contribution in [0.15, 0.2) is 24.3 Å². The van der Waals surface area contributed by atoms with Gasteiger partial charge in [0.1, 0.15) is 23.5 Å². The van der Waals surface area contributed by atoms with E-state index < -0.39 is 40.7 Å². The average Bonchev–Trinajstić information content (AvgIpc) is 3.10. The van der Waals surface area contributed by atoms with Crippen molar-refractivity contribution in [3.63, 3.8) is 0 Å². The maximum atomic E-state index is 13.4. The quantitative estimate of drug-likeness (QED) is 0.590. The number of hydrogen-bond acceptors (Lipinski definition) is 5. The molecular weight excluding hydrogens is 418 g/mol. The van der Waals surface area contributed by atoms with E-state index in [1.807, 2.05) is 39.8 Å². The summed E-state index contributed by atoms with van der Waals surface area (Å²) in [6.45, 7) is 9.04. The lowest BCUT2D eigenvalue weighted by atomic mass is 9.98. The largest absolute Gasteiger partial charge is 0.480 e. The summed E-state index contributed by atoms with van der Waals surface area (Å²) in [4.78, 5) is 51.9. The third-order valence-corrected chi connectivity index (χ3v) is 7.15. The minimum atomic E-state index is -1.15. The summed E-state index contributed by atoms with van der Waals surface area (Å²) in [5.41, 5.74) is 1.49. The number of nitrogens with zero attached hydrogens (tertiary/aromatic N) is 1. The highest BCUT2D eigenvalue weighted by molar-refractivity contribution is 8.01. The van der Waals surface area contributed by atoms with Gasteiger partial charge >= 0.3 is 5.97 Å². The first kappa shape index (κ1) is 23.1. The predicted molar refractivity (Wildman–Crippen MR) is 117 cm³/mol. The molecule has 3 N–H and O–H groups in total. The van der Waals surface area contributed by atoms with Gasteiger partial charge in [-0.25, -0.2) is 0 Å². The fraction of sp³-hybridized carbons (Fsp3) is 0.545. The molecule has 31 heavy (non-hydrogen) atoms. The molecule has 0 saturated carbocycles. The Morgan fingerprint density at radius 1 is 1.16 bits per heavy atom. The van der Waals surface area contributed by atoms with Crippen molar-refractivity contribution in [2.24, 2.45) is 5.92 Å². The molecule has 1 fully saturated rings. The summed E-state index contributed by atoms with van der Waals surface area (Å²) in [5, 5.41) is 14.1. The molecule has 0 radical (unpaired) electrons. The molecule has 3 rings (SSSR count). The average molecular weight is 448 g/mol. The van der Waals surface area contributed by atoms with Gasteiger partial charge in [-0.05, 0) is 44.7 Å². The second-order valence-electron chi connectivity index (χ2n) is 9.04. The molecular formula is C22H29N3O5S. The predicted octanol–water partition coefficient (Wildman–Crippen LogP) is 2.16. The van der Waals surface area contributed by atoms with Crippen LogP contribution in [0.3, 0.4) is 0 Å². The Labute approximate surface area is 186 Å². The van der Waals surface area contributed by atoms with Crippen LogP contribution < -0.4 is 10.6 Å². The van der Waals surface area contributed by atoms with Crippen LogP contribution in [0.2, 0.25) is 0 Å². The molecule has 2 aliphatic heterocycles. The number of rotatable bonds is 7. The Morgan fingerprint density at radius 3 is 2.42 bits per heavy atom. The topological polar surface area (TPSA) is 116 Å². The second kappa shape index (κ2) is 8.53. The van der Waals surface area contributed by atoms with Gasteiger partial charge in [0.25, 0.3) is 5.91 Å². The summed E-state index contributed by atoms with van der Waals surface area (Å²) in [7, 11) is 0. The van der Waals surface area contributed by atoms with E-state index >= 15 is 0 Å². The Bertz CT molecular complexity index is 916. The molecule has 3 amide bonds. The summed E-state index contributed by atoms with van der Waals surface area (Å²) < 4.78 is -0.564. The highest BCUT2D eigenvalue weighted by Gasteiger charge is 2.57. The van der Waals surface area contributed by atoms with Crippen LogP contribution in [0, 0.1) is 5.92 Å². The lowest BCUT2D eigenvalue weighted by Crippen LogP contribution is -2.58. The number of nitrogens with one attached hydrogen (secondary N) is 2. The van der Waals surface area contributed by atoms with Crippen LogP contribution in [0.4, 0.5) is 0 Å². The van der Waals surface area contributed by atoms with Crippen molar-refractivity contribution < 1.29 is 24.3 Å². The van der Waals surface area contributed by atoms with E-state index in [1.165, 1.54) is 6.92 Å². The number of fused-ring (bicyclic) bond motifs is 3. The van der Waals surface area contributed by atoms with E-state index in [1.54, 1.807) is 28.8 Å². The number of carboxylic acid groups (broad SMARTS) is 1. The maximum Gasteiger partial charge on any atom is 0.325 e. The van der Waals surface area contributed by atoms with E-state index in [0.717, 1.165) is 5.56 Å². The van der Waals surface area contributed by atoms with Gasteiger partial charge in [0.05, 0.1) is 0 Å². The third-order valence-electron chi connectivity index (χ3n) is 5.61. The van der Waals surface area contributed by atoms with E-state index in [9.17, 15) is 19.2 Å². The maximum absolute atomic E-state index is 13.4. The van der Waals surface area contributed by atoms with Crippen LogP contribution >= 0.6 is 11.8 Å². The van der Waals surface area contributed by atoms with Crippen molar-refractivity contribution in [1.82, 2.24) is 15.5 Å². The van der Waals surface area contributed by atoms with Gasteiger partial charge in [0.2, 0.25) is 11.8 Å². The van der Waals surface area contributed by atoms with Crippen molar-refractivity contribution in [3.8, 4) is 0 Å². The fourth-order valence-electron chi connectivity index (χ4n) is 4.13. The Balaban J connectivity index is 1.83. The molecule has 1 aromatic rings. The number of carbonyl (C=O) groups excluding carboxylic acids is 3. The van der Waals surface area contributed by atoms with Crippen LogP contribution in [0.5, 0.6) is 0 Å². The molecule has 1 aromatic carbocycles. The molecule has 2 aliphatic rings. The molecule has 0 spiro atoms. The van der Waals surface area contributed by atoms with E-state index in [2.05, 4.69) is 10.6 Å². The smallest absolute Gasteiger partial charge is 0.325 e. The van der Waals surface area contributed by atoms with Crippen molar-refractivity contribution in [3.05, 3.63) is 35.4 Å². The SMILES string of the molecule is CC(C)C[C@H](NC(=O)[C@@H]1N2C(=O)c3ccccc3[C@H]2SC1(C)C)C(=O)N[C@H](C)C(=O)O. The number of hydrogen-bond donors (Lipinski definition) is 3. The lowest BCUT2D eigenvalue weighted by molar-refractivity contribution is -0.141. The number of carbonyl (C=O) groups is 4. The Morgan fingerprint density at radius 2 is 1.81 bits per heavy atom. The monoisotopic (exact) mass is 447 g/mol. The van der Waals surface area contributed by atoms with E-state index in [-0.39, 0.29) is 17.2 Å². The Hall–Kier alpha value is -2.55. The summed E-state index contributed by atoms with van der Waals surface area (Å²) in [6, 6.07) is 4.62. The molecule has 4 atom stereocenters. The Kier molecular flexibility index (Phi) is 6.36. The minimum absolute atomic E-state index is 0.0903. The molecule has 1 saturated heterocycles. The molecule has 9 heteroatoms. The lowest BCUT2D eigenvalue weighted by Gasteiger charge is -2.31. The van der Waals surface area contributed by atoms with E-state index in [0.29, 0.717) is 12.0 Å². The number of aliphatic carboxylic acids is 1. The molecule has 168 valence electrons. The fourth-order valence-corrected chi connectivity index (χ4v) is 5.72. The summed E-state index contributed by atoms with van der Waals surface area (Å²) in [6.07, 6.45) is 0.349. The number of benzene rings is 1. The highest BCUT2D eigenvalue weighted by atomic mass is 32.2. The van der Waals surface area contributed by atoms with Crippen LogP contribution in [-0.4, -0.2) is 56.6 Å². The molecule has 0 unspecified atom stereocenters. The van der Waals surface area contributed by atoms with Crippen LogP contribution in [0.25, 0.3) is 0 Å². The number of carboxylic acids is 1. The molecule has 0 aromatic heterocycles. The van der Waals surface area contributed by atoms with Crippen molar-refractivity contribution in [2.45, 2.75) is 69.3 Å². The second-order valence-corrected chi connectivity index (χ2v) is 10.8.